The molecule has 0 aliphatic rings. The van der Waals surface area contributed by atoms with Crippen LogP contribution in [0.15, 0.2) is 85.1 Å². The van der Waals surface area contributed by atoms with Gasteiger partial charge in [-0.1, -0.05) is 260 Å². The largest absolute Gasteiger partial charge is 0.462 e. The first-order chi connectivity index (χ1) is 34.0. The SMILES string of the molecule is CC/C=C\C/C=C\C/C=C\C/C=C\C/C=C\C/C=C\CCC(=O)OC[C@H](COC(=O)CCCCCCC/C=C\CCCCCCCC)OC(=O)CCCCCCCCCCCCCCCCCCC. The molecule has 1 atom stereocenters. The van der Waals surface area contributed by atoms with Crippen LogP contribution in [0.5, 0.6) is 0 Å². The first-order valence-corrected chi connectivity index (χ1v) is 29.1. The van der Waals surface area contributed by atoms with Crippen molar-refractivity contribution in [3.05, 3.63) is 85.1 Å². The number of carbonyl (C=O) groups excluding carboxylic acids is 3. The zero-order chi connectivity index (χ0) is 50.0. The number of allylic oxidation sites excluding steroid dienone is 14. The van der Waals surface area contributed by atoms with Crippen LogP contribution in [0.3, 0.4) is 0 Å². The number of hydrogen-bond acceptors (Lipinski definition) is 6. The molecule has 0 bridgehead atoms. The van der Waals surface area contributed by atoms with Crippen LogP contribution in [0.2, 0.25) is 0 Å². The minimum absolute atomic E-state index is 0.102. The van der Waals surface area contributed by atoms with E-state index in [1.807, 2.05) is 6.08 Å². The zero-order valence-corrected chi connectivity index (χ0v) is 45.3. The van der Waals surface area contributed by atoms with Gasteiger partial charge in [0.1, 0.15) is 13.2 Å². The molecule has 0 fully saturated rings. The Morgan fingerprint density at radius 3 is 0.971 bits per heavy atom. The third kappa shape index (κ3) is 55.4. The average Bonchev–Trinajstić information content (AvgIpc) is 3.35. The summed E-state index contributed by atoms with van der Waals surface area (Å²) in [6, 6.07) is 0. The molecular formula is C63H108O6. The normalized spacial score (nSPS) is 12.7. The van der Waals surface area contributed by atoms with E-state index in [0.29, 0.717) is 19.3 Å². The molecule has 0 spiro atoms. The number of carbonyl (C=O) groups is 3. The van der Waals surface area contributed by atoms with E-state index < -0.39 is 6.10 Å². The third-order valence-corrected chi connectivity index (χ3v) is 12.4. The standard InChI is InChI=1S/C63H108O6/c1-4-7-10-13-16-19-22-25-28-30-31-33-35-38-41-44-47-50-53-56-62(65)68-59-60(58-67-61(64)55-52-49-46-43-40-37-34-27-24-21-18-15-12-9-6-3)69-63(66)57-54-51-48-45-42-39-36-32-29-26-23-20-17-14-11-8-5-2/h7,10,16,19,25,27-28,31,33-34,38,41,47,50,60H,4-6,8-9,11-15,17-18,20-24,26,29-30,32,35-37,39-40,42-46,48-49,51-59H2,1-3H3/b10-7-,19-16-,28-25-,33-31-,34-27-,41-38-,50-47-/t60-/m0/s1. The van der Waals surface area contributed by atoms with Crippen molar-refractivity contribution in [2.75, 3.05) is 13.2 Å². The molecule has 0 heterocycles. The number of esters is 3. The molecule has 0 aromatic rings. The summed E-state index contributed by atoms with van der Waals surface area (Å²) in [5.41, 5.74) is 0. The smallest absolute Gasteiger partial charge is 0.306 e. The fourth-order valence-corrected chi connectivity index (χ4v) is 8.05. The fourth-order valence-electron chi connectivity index (χ4n) is 8.05. The van der Waals surface area contributed by atoms with Crippen molar-refractivity contribution >= 4 is 17.9 Å². The van der Waals surface area contributed by atoms with Gasteiger partial charge in [-0.2, -0.15) is 0 Å². The molecule has 0 rings (SSSR count). The van der Waals surface area contributed by atoms with E-state index in [2.05, 4.69) is 99.8 Å². The van der Waals surface area contributed by atoms with E-state index in [4.69, 9.17) is 14.2 Å². The molecule has 69 heavy (non-hydrogen) atoms. The highest BCUT2D eigenvalue weighted by atomic mass is 16.6. The zero-order valence-electron chi connectivity index (χ0n) is 45.3. The van der Waals surface area contributed by atoms with Crippen LogP contribution in [0.25, 0.3) is 0 Å². The lowest BCUT2D eigenvalue weighted by molar-refractivity contribution is -0.166. The van der Waals surface area contributed by atoms with Crippen LogP contribution >= 0.6 is 0 Å². The lowest BCUT2D eigenvalue weighted by Crippen LogP contribution is -2.30. The van der Waals surface area contributed by atoms with Gasteiger partial charge in [0.25, 0.3) is 0 Å². The van der Waals surface area contributed by atoms with E-state index in [-0.39, 0.29) is 37.5 Å². The summed E-state index contributed by atoms with van der Waals surface area (Å²) < 4.78 is 16.8. The summed E-state index contributed by atoms with van der Waals surface area (Å²) in [5, 5.41) is 0. The van der Waals surface area contributed by atoms with Gasteiger partial charge in [-0.3, -0.25) is 14.4 Å². The first-order valence-electron chi connectivity index (χ1n) is 29.1. The van der Waals surface area contributed by atoms with Crippen LogP contribution in [-0.4, -0.2) is 37.2 Å². The van der Waals surface area contributed by atoms with E-state index in [9.17, 15) is 14.4 Å². The van der Waals surface area contributed by atoms with Crippen LogP contribution in [0, 0.1) is 0 Å². The van der Waals surface area contributed by atoms with E-state index in [0.717, 1.165) is 83.5 Å². The maximum absolute atomic E-state index is 12.9. The van der Waals surface area contributed by atoms with E-state index >= 15 is 0 Å². The van der Waals surface area contributed by atoms with Gasteiger partial charge < -0.3 is 14.2 Å². The predicted molar refractivity (Wildman–Crippen MR) is 297 cm³/mol. The molecule has 0 aromatic carbocycles. The summed E-state index contributed by atoms with van der Waals surface area (Å²) in [7, 11) is 0. The summed E-state index contributed by atoms with van der Waals surface area (Å²) in [6.07, 6.45) is 74.4. The lowest BCUT2D eigenvalue weighted by Gasteiger charge is -2.18. The van der Waals surface area contributed by atoms with Gasteiger partial charge in [-0.15, -0.1) is 0 Å². The Morgan fingerprint density at radius 2 is 0.594 bits per heavy atom. The molecule has 0 radical (unpaired) electrons. The van der Waals surface area contributed by atoms with Crippen LogP contribution < -0.4 is 0 Å². The molecule has 6 nitrogen and oxygen atoms in total. The Balaban J connectivity index is 4.49. The summed E-state index contributed by atoms with van der Waals surface area (Å²) in [5.74, 6) is -0.988. The molecule has 6 heteroatoms. The Kier molecular flexibility index (Phi) is 54.3. The minimum atomic E-state index is -0.809. The van der Waals surface area contributed by atoms with Crippen LogP contribution in [0.4, 0.5) is 0 Å². The van der Waals surface area contributed by atoms with E-state index in [1.54, 1.807) is 0 Å². The lowest BCUT2D eigenvalue weighted by atomic mass is 10.0. The van der Waals surface area contributed by atoms with Gasteiger partial charge in [0.05, 0.1) is 0 Å². The minimum Gasteiger partial charge on any atom is -0.462 e. The Bertz CT molecular complexity index is 1330. The summed E-state index contributed by atoms with van der Waals surface area (Å²) >= 11 is 0. The van der Waals surface area contributed by atoms with Crippen molar-refractivity contribution in [1.82, 2.24) is 0 Å². The van der Waals surface area contributed by atoms with Crippen LogP contribution in [0.1, 0.15) is 278 Å². The van der Waals surface area contributed by atoms with Gasteiger partial charge in [-0.05, 0) is 83.5 Å². The average molecular weight is 962 g/mol. The summed E-state index contributed by atoms with van der Waals surface area (Å²) in [4.78, 5) is 38.1. The van der Waals surface area contributed by atoms with Crippen molar-refractivity contribution < 1.29 is 28.6 Å². The molecule has 0 aliphatic carbocycles. The predicted octanol–water partition coefficient (Wildman–Crippen LogP) is 19.5. The second-order valence-corrected chi connectivity index (χ2v) is 19.2. The van der Waals surface area contributed by atoms with Gasteiger partial charge in [0.2, 0.25) is 0 Å². The highest BCUT2D eigenvalue weighted by Crippen LogP contribution is 2.16. The Labute approximate surface area is 426 Å². The van der Waals surface area contributed by atoms with Crippen molar-refractivity contribution in [2.45, 2.75) is 284 Å². The summed E-state index contributed by atoms with van der Waals surface area (Å²) in [6.45, 7) is 6.47. The monoisotopic (exact) mass is 961 g/mol. The second-order valence-electron chi connectivity index (χ2n) is 19.2. The fraction of sp³-hybridized carbons (Fsp3) is 0.730. The maximum atomic E-state index is 12.9. The molecule has 0 saturated carbocycles. The van der Waals surface area contributed by atoms with Gasteiger partial charge in [0, 0.05) is 19.3 Å². The quantitative estimate of drug-likeness (QED) is 0.0262. The second kappa shape index (κ2) is 57.2. The number of hydrogen-bond donors (Lipinski definition) is 0. The molecule has 396 valence electrons. The molecule has 0 N–H and O–H groups in total. The highest BCUT2D eigenvalue weighted by molar-refractivity contribution is 5.71. The van der Waals surface area contributed by atoms with Crippen molar-refractivity contribution in [1.29, 1.82) is 0 Å². The van der Waals surface area contributed by atoms with Crippen LogP contribution in [-0.2, 0) is 28.6 Å². The topological polar surface area (TPSA) is 78.9 Å². The van der Waals surface area contributed by atoms with E-state index in [1.165, 1.54) is 148 Å². The first kappa shape index (κ1) is 65.6. The molecule has 0 aliphatic heterocycles. The Morgan fingerprint density at radius 1 is 0.304 bits per heavy atom. The molecule has 0 unspecified atom stereocenters. The number of unbranched alkanes of at least 4 members (excludes halogenated alkanes) is 27. The molecule has 0 saturated heterocycles. The maximum Gasteiger partial charge on any atom is 0.306 e. The van der Waals surface area contributed by atoms with Gasteiger partial charge in [0.15, 0.2) is 6.10 Å². The van der Waals surface area contributed by atoms with Crippen molar-refractivity contribution in [2.24, 2.45) is 0 Å². The number of ether oxygens (including phenoxy) is 3. The molecule has 0 aromatic heterocycles. The van der Waals surface area contributed by atoms with Gasteiger partial charge >= 0.3 is 17.9 Å². The number of rotatable bonds is 52. The molecule has 0 amide bonds. The Hall–Kier alpha value is -3.41. The van der Waals surface area contributed by atoms with Crippen molar-refractivity contribution in [3.63, 3.8) is 0 Å². The van der Waals surface area contributed by atoms with Gasteiger partial charge in [-0.25, -0.2) is 0 Å². The highest BCUT2D eigenvalue weighted by Gasteiger charge is 2.19. The molecular weight excluding hydrogens is 853 g/mol. The van der Waals surface area contributed by atoms with Crippen molar-refractivity contribution in [3.8, 4) is 0 Å². The third-order valence-electron chi connectivity index (χ3n) is 12.4.